The Balaban J connectivity index is 2.14. The fourth-order valence-electron chi connectivity index (χ4n) is 3.21. The summed E-state index contributed by atoms with van der Waals surface area (Å²) in [5, 5.41) is 2.67. The molecule has 2 aliphatic rings. The molecule has 2 fully saturated rings. The van der Waals surface area contributed by atoms with Gasteiger partial charge in [-0.15, -0.1) is 0 Å². The van der Waals surface area contributed by atoms with Gasteiger partial charge in [-0.25, -0.2) is 4.79 Å². The Morgan fingerprint density at radius 3 is 2.44 bits per heavy atom. The van der Waals surface area contributed by atoms with E-state index in [4.69, 9.17) is 5.73 Å². The Kier molecular flexibility index (Phi) is 4.82. The minimum atomic E-state index is -1.09. The number of hydrogen-bond donors (Lipinski definition) is 2. The van der Waals surface area contributed by atoms with Gasteiger partial charge in [-0.05, 0) is 27.2 Å². The molecular formula is C16H27N5O4. The van der Waals surface area contributed by atoms with Crippen LogP contribution in [0.25, 0.3) is 0 Å². The SMILES string of the molecule is CC[C@@H](NC(=O)C(C)(C)N)C(=O)N1CCN2C(=O)N(C)C(=O)C2(C)C1. The number of piperazine rings is 1. The molecule has 0 spiro atoms. The number of hydrogen-bond acceptors (Lipinski definition) is 5. The molecule has 140 valence electrons. The Labute approximate surface area is 147 Å². The van der Waals surface area contributed by atoms with Gasteiger partial charge >= 0.3 is 6.03 Å². The highest BCUT2D eigenvalue weighted by molar-refractivity contribution is 6.07. The second-order valence-electron chi connectivity index (χ2n) is 7.49. The summed E-state index contributed by atoms with van der Waals surface area (Å²) in [7, 11) is 1.44. The lowest BCUT2D eigenvalue weighted by Gasteiger charge is -2.43. The maximum absolute atomic E-state index is 12.8. The Morgan fingerprint density at radius 1 is 1.32 bits per heavy atom. The molecule has 25 heavy (non-hydrogen) atoms. The molecule has 0 aliphatic carbocycles. The van der Waals surface area contributed by atoms with E-state index in [-0.39, 0.29) is 30.9 Å². The molecule has 0 aromatic heterocycles. The van der Waals surface area contributed by atoms with E-state index in [9.17, 15) is 19.2 Å². The topological polar surface area (TPSA) is 116 Å². The summed E-state index contributed by atoms with van der Waals surface area (Å²) < 4.78 is 0. The van der Waals surface area contributed by atoms with E-state index in [2.05, 4.69) is 5.32 Å². The summed E-state index contributed by atoms with van der Waals surface area (Å²) in [6.07, 6.45) is 0.407. The number of carbonyl (C=O) groups is 4. The van der Waals surface area contributed by atoms with Crippen molar-refractivity contribution in [1.82, 2.24) is 20.0 Å². The lowest BCUT2D eigenvalue weighted by molar-refractivity contribution is -0.144. The van der Waals surface area contributed by atoms with Crippen molar-refractivity contribution in [3.8, 4) is 0 Å². The second-order valence-corrected chi connectivity index (χ2v) is 7.49. The Hall–Kier alpha value is -2.16. The summed E-state index contributed by atoms with van der Waals surface area (Å²) in [5.41, 5.74) is 3.62. The van der Waals surface area contributed by atoms with Gasteiger partial charge in [0.15, 0.2) is 0 Å². The first-order chi connectivity index (χ1) is 11.4. The number of nitrogens with one attached hydrogen (secondary N) is 1. The van der Waals surface area contributed by atoms with Crippen molar-refractivity contribution in [1.29, 1.82) is 0 Å². The van der Waals surface area contributed by atoms with Gasteiger partial charge in [0.2, 0.25) is 11.8 Å². The third kappa shape index (κ3) is 3.20. The van der Waals surface area contributed by atoms with Gasteiger partial charge in [0, 0.05) is 20.1 Å². The van der Waals surface area contributed by atoms with E-state index in [1.165, 1.54) is 11.9 Å². The largest absolute Gasteiger partial charge is 0.343 e. The summed E-state index contributed by atoms with van der Waals surface area (Å²) in [4.78, 5) is 53.6. The van der Waals surface area contributed by atoms with Gasteiger partial charge in [0.25, 0.3) is 5.91 Å². The van der Waals surface area contributed by atoms with E-state index >= 15 is 0 Å². The molecule has 2 heterocycles. The third-order valence-electron chi connectivity index (χ3n) is 4.88. The van der Waals surface area contributed by atoms with Crippen LogP contribution < -0.4 is 11.1 Å². The second kappa shape index (κ2) is 6.29. The lowest BCUT2D eigenvalue weighted by atomic mass is 9.96. The van der Waals surface area contributed by atoms with Crippen LogP contribution in [0, 0.1) is 0 Å². The van der Waals surface area contributed by atoms with Crippen molar-refractivity contribution < 1.29 is 19.2 Å². The average molecular weight is 353 g/mol. The lowest BCUT2D eigenvalue weighted by Crippen LogP contribution is -2.65. The Bertz CT molecular complexity index is 614. The number of nitrogens with two attached hydrogens (primary N) is 1. The first kappa shape index (κ1) is 19.2. The van der Waals surface area contributed by atoms with E-state index in [0.29, 0.717) is 13.0 Å². The maximum atomic E-state index is 12.8. The number of fused-ring (bicyclic) bond motifs is 1. The summed E-state index contributed by atoms with van der Waals surface area (Å²) in [6.45, 7) is 7.31. The molecule has 0 saturated carbocycles. The standard InChI is InChI=1S/C16H27N5O4/c1-6-10(18-12(23)15(2,3)17)11(22)20-7-8-21-14(25)19(5)13(24)16(21,4)9-20/h10H,6-9,17H2,1-5H3,(H,18,23)/t10-,16?/m1/s1. The fraction of sp³-hybridized carbons (Fsp3) is 0.750. The Morgan fingerprint density at radius 2 is 1.92 bits per heavy atom. The van der Waals surface area contributed by atoms with Gasteiger partial charge in [0.05, 0.1) is 12.1 Å². The molecule has 2 rings (SSSR count). The van der Waals surface area contributed by atoms with Gasteiger partial charge < -0.3 is 20.9 Å². The first-order valence-corrected chi connectivity index (χ1v) is 8.42. The third-order valence-corrected chi connectivity index (χ3v) is 4.88. The van der Waals surface area contributed by atoms with Crippen LogP contribution in [0.15, 0.2) is 0 Å². The van der Waals surface area contributed by atoms with Crippen molar-refractivity contribution >= 4 is 23.8 Å². The van der Waals surface area contributed by atoms with Gasteiger partial charge in [-0.3, -0.25) is 19.3 Å². The van der Waals surface area contributed by atoms with Crippen molar-refractivity contribution in [2.45, 2.75) is 51.2 Å². The molecule has 2 saturated heterocycles. The maximum Gasteiger partial charge on any atom is 0.327 e. The molecule has 9 heteroatoms. The van der Waals surface area contributed by atoms with Gasteiger partial charge in [-0.2, -0.15) is 0 Å². The molecule has 0 bridgehead atoms. The number of likely N-dealkylation sites (N-methyl/N-ethyl adjacent to an activating group) is 1. The number of nitrogens with zero attached hydrogens (tertiary/aromatic N) is 3. The van der Waals surface area contributed by atoms with Crippen molar-refractivity contribution in [3.05, 3.63) is 0 Å². The minimum Gasteiger partial charge on any atom is -0.343 e. The van der Waals surface area contributed by atoms with E-state index < -0.39 is 23.0 Å². The molecule has 0 radical (unpaired) electrons. The van der Waals surface area contributed by atoms with Crippen LogP contribution in [-0.2, 0) is 14.4 Å². The zero-order valence-electron chi connectivity index (χ0n) is 15.5. The van der Waals surface area contributed by atoms with Crippen molar-refractivity contribution in [3.63, 3.8) is 0 Å². The molecule has 5 amide bonds. The van der Waals surface area contributed by atoms with Crippen LogP contribution in [-0.4, -0.2) is 82.3 Å². The van der Waals surface area contributed by atoms with Crippen LogP contribution >= 0.6 is 0 Å². The minimum absolute atomic E-state index is 0.110. The summed E-state index contributed by atoms with van der Waals surface area (Å²) in [6, 6.07) is -1.06. The molecule has 9 nitrogen and oxygen atoms in total. The number of carbonyl (C=O) groups excluding carboxylic acids is 4. The van der Waals surface area contributed by atoms with E-state index in [1.54, 1.807) is 32.6 Å². The number of urea groups is 1. The fourth-order valence-corrected chi connectivity index (χ4v) is 3.21. The monoisotopic (exact) mass is 353 g/mol. The highest BCUT2D eigenvalue weighted by Gasteiger charge is 2.56. The normalized spacial score (nSPS) is 25.1. The molecular weight excluding hydrogens is 326 g/mol. The predicted octanol–water partition coefficient (Wildman–Crippen LogP) is -0.887. The highest BCUT2D eigenvalue weighted by atomic mass is 16.2. The average Bonchev–Trinajstić information content (AvgIpc) is 2.71. The highest BCUT2D eigenvalue weighted by Crippen LogP contribution is 2.31. The van der Waals surface area contributed by atoms with Crippen LogP contribution in [0.2, 0.25) is 0 Å². The molecule has 1 unspecified atom stereocenters. The zero-order chi connectivity index (χ0) is 19.2. The molecule has 3 N–H and O–H groups in total. The first-order valence-electron chi connectivity index (χ1n) is 8.42. The van der Waals surface area contributed by atoms with Crippen LogP contribution in [0.3, 0.4) is 0 Å². The van der Waals surface area contributed by atoms with Crippen LogP contribution in [0.5, 0.6) is 0 Å². The quantitative estimate of drug-likeness (QED) is 0.636. The van der Waals surface area contributed by atoms with Crippen LogP contribution in [0.4, 0.5) is 4.79 Å². The van der Waals surface area contributed by atoms with E-state index in [1.807, 2.05) is 0 Å². The number of amides is 5. The van der Waals surface area contributed by atoms with E-state index in [0.717, 1.165) is 4.90 Å². The molecule has 2 aliphatic heterocycles. The molecule has 2 atom stereocenters. The molecule has 0 aromatic rings. The smallest absolute Gasteiger partial charge is 0.327 e. The number of rotatable bonds is 4. The van der Waals surface area contributed by atoms with Crippen molar-refractivity contribution in [2.75, 3.05) is 26.7 Å². The zero-order valence-corrected chi connectivity index (χ0v) is 15.5. The summed E-state index contributed by atoms with van der Waals surface area (Å²) in [5.74, 6) is -1.00. The number of imide groups is 1. The van der Waals surface area contributed by atoms with Crippen LogP contribution in [0.1, 0.15) is 34.1 Å². The van der Waals surface area contributed by atoms with Crippen molar-refractivity contribution in [2.24, 2.45) is 5.73 Å². The molecule has 0 aromatic carbocycles. The summed E-state index contributed by atoms with van der Waals surface area (Å²) >= 11 is 0. The van der Waals surface area contributed by atoms with Gasteiger partial charge in [0.1, 0.15) is 11.6 Å². The van der Waals surface area contributed by atoms with Gasteiger partial charge in [-0.1, -0.05) is 6.92 Å². The predicted molar refractivity (Wildman–Crippen MR) is 90.3 cm³/mol.